The lowest BCUT2D eigenvalue weighted by atomic mass is 10.1. The largest absolute Gasteiger partial charge is 0.356 e. The van der Waals surface area contributed by atoms with Crippen LogP contribution in [0.25, 0.3) is 11.1 Å². The Balaban J connectivity index is 1.35. The summed E-state index contributed by atoms with van der Waals surface area (Å²) in [6, 6.07) is 18.5. The molecule has 4 rings (SSSR count). The number of halogens is 1. The number of nitrogens with zero attached hydrogens (tertiary/aromatic N) is 1. The molecule has 0 fully saturated rings. The van der Waals surface area contributed by atoms with Crippen molar-refractivity contribution in [3.8, 4) is 11.1 Å². The molecule has 1 aliphatic rings. The van der Waals surface area contributed by atoms with E-state index in [1.54, 1.807) is 41.3 Å². The minimum absolute atomic E-state index is 0.0126. The van der Waals surface area contributed by atoms with Gasteiger partial charge < -0.3 is 4.84 Å². The minimum atomic E-state index is -4.19. The van der Waals surface area contributed by atoms with E-state index in [1.807, 2.05) is 0 Å². The van der Waals surface area contributed by atoms with Gasteiger partial charge in [-0.15, -0.1) is 0 Å². The molecule has 1 N–H and O–H groups in total. The van der Waals surface area contributed by atoms with Gasteiger partial charge in [0.25, 0.3) is 26.0 Å². The normalized spacial score (nSPS) is 14.6. The van der Waals surface area contributed by atoms with Gasteiger partial charge in [-0.1, -0.05) is 48.0 Å². The van der Waals surface area contributed by atoms with E-state index in [4.69, 9.17) is 11.6 Å². The van der Waals surface area contributed by atoms with E-state index in [2.05, 4.69) is 4.84 Å². The van der Waals surface area contributed by atoms with Crippen LogP contribution in [0.3, 0.4) is 0 Å². The van der Waals surface area contributed by atoms with Gasteiger partial charge in [0.2, 0.25) is 0 Å². The number of hydrogen-bond donors (Lipinski definition) is 1. The van der Waals surface area contributed by atoms with Gasteiger partial charge in [0.15, 0.2) is 0 Å². The third-order valence-electron chi connectivity index (χ3n) is 5.04. The molecule has 0 unspecified atom stereocenters. The highest BCUT2D eigenvalue weighted by Crippen LogP contribution is 2.30. The number of nitrogens with one attached hydrogen (secondary N) is 1. The summed E-state index contributed by atoms with van der Waals surface area (Å²) in [6.45, 7) is -0.494. The van der Waals surface area contributed by atoms with Gasteiger partial charge in [-0.25, -0.2) is 21.1 Å². The van der Waals surface area contributed by atoms with Crippen LogP contribution >= 0.6 is 11.6 Å². The average molecular weight is 521 g/mol. The van der Waals surface area contributed by atoms with Gasteiger partial charge in [-0.2, -0.15) is 0 Å². The van der Waals surface area contributed by atoms with Crippen molar-refractivity contribution < 1.29 is 31.3 Å². The van der Waals surface area contributed by atoms with Crippen LogP contribution < -0.4 is 4.89 Å². The molecule has 0 spiro atoms. The van der Waals surface area contributed by atoms with E-state index in [0.717, 1.165) is 11.1 Å². The number of rotatable bonds is 7. The highest BCUT2D eigenvalue weighted by atomic mass is 35.5. The zero-order chi connectivity index (χ0) is 24.5. The van der Waals surface area contributed by atoms with Crippen molar-refractivity contribution in [2.75, 3.05) is 6.54 Å². The van der Waals surface area contributed by atoms with Crippen LogP contribution in [0, 0.1) is 0 Å². The van der Waals surface area contributed by atoms with Crippen LogP contribution in [0.2, 0.25) is 5.02 Å². The van der Waals surface area contributed by atoms with Gasteiger partial charge in [-0.3, -0.25) is 9.59 Å². The molecule has 0 saturated carbocycles. The smallest absolute Gasteiger partial charge is 0.328 e. The highest BCUT2D eigenvalue weighted by molar-refractivity contribution is 7.90. The minimum Gasteiger partial charge on any atom is -0.356 e. The summed E-state index contributed by atoms with van der Waals surface area (Å²) in [5, 5.41) is 0.574. The van der Waals surface area contributed by atoms with E-state index >= 15 is 0 Å². The molecule has 176 valence electrons. The molecule has 0 radical (unpaired) electrons. The Kier molecular flexibility index (Phi) is 6.45. The molecule has 0 aliphatic carbocycles. The van der Waals surface area contributed by atoms with E-state index < -0.39 is 44.9 Å². The van der Waals surface area contributed by atoms with Gasteiger partial charge >= 0.3 is 5.97 Å². The maximum absolute atomic E-state index is 12.5. The fourth-order valence-corrected chi connectivity index (χ4v) is 5.80. The number of hydrogen-bond acceptors (Lipinski definition) is 7. The van der Waals surface area contributed by atoms with Crippen molar-refractivity contribution in [1.82, 2.24) is 9.19 Å². The molecule has 1 heterocycles. The number of carbonyl (C=O) groups excluding carboxylic acids is 2. The van der Waals surface area contributed by atoms with Crippen molar-refractivity contribution in [3.05, 3.63) is 83.4 Å². The molecule has 1 aliphatic heterocycles. The summed E-state index contributed by atoms with van der Waals surface area (Å²) in [5.74, 6) is -1.81. The lowest BCUT2D eigenvalue weighted by Gasteiger charge is -2.14. The molecule has 0 aromatic heterocycles. The van der Waals surface area contributed by atoms with Crippen LogP contribution in [0.15, 0.2) is 82.6 Å². The standard InChI is InChI=1S/C22H17ClN2O7S2/c23-17-9-5-15(6-10-17)16-7-11-18(12-8-16)33(28,29)24-32-21(26)13-14-25-22(27)19-3-1-2-4-20(19)34(25,30)31/h1-12,24H,13-14H2. The second-order valence-corrected chi connectivity index (χ2v) is 11.1. The summed E-state index contributed by atoms with van der Waals surface area (Å²) >= 11 is 5.87. The maximum Gasteiger partial charge on any atom is 0.328 e. The Morgan fingerprint density at radius 3 is 2.15 bits per heavy atom. The van der Waals surface area contributed by atoms with Crippen molar-refractivity contribution in [1.29, 1.82) is 0 Å². The van der Waals surface area contributed by atoms with Crippen LogP contribution in [-0.2, 0) is 29.7 Å². The number of carbonyl (C=O) groups is 2. The molecule has 0 atom stereocenters. The first-order valence-electron chi connectivity index (χ1n) is 9.83. The first kappa shape index (κ1) is 23.9. The third kappa shape index (κ3) is 4.68. The Morgan fingerprint density at radius 1 is 0.941 bits per heavy atom. The van der Waals surface area contributed by atoms with E-state index in [1.165, 1.54) is 36.4 Å². The summed E-state index contributed by atoms with van der Waals surface area (Å²) in [7, 11) is -8.27. The van der Waals surface area contributed by atoms with E-state index in [-0.39, 0.29) is 15.4 Å². The van der Waals surface area contributed by atoms with Gasteiger partial charge in [-0.05, 0) is 52.4 Å². The summed E-state index contributed by atoms with van der Waals surface area (Å²) in [5.41, 5.74) is 1.60. The molecular weight excluding hydrogens is 504 g/mol. The molecule has 34 heavy (non-hydrogen) atoms. The Hall–Kier alpha value is -3.25. The number of benzene rings is 3. The van der Waals surface area contributed by atoms with Gasteiger partial charge in [0, 0.05) is 11.6 Å². The van der Waals surface area contributed by atoms with Crippen molar-refractivity contribution in [2.24, 2.45) is 0 Å². The van der Waals surface area contributed by atoms with Crippen molar-refractivity contribution in [3.63, 3.8) is 0 Å². The Morgan fingerprint density at radius 2 is 1.53 bits per heavy atom. The topological polar surface area (TPSA) is 127 Å². The lowest BCUT2D eigenvalue weighted by molar-refractivity contribution is -0.147. The fraction of sp³-hybridized carbons (Fsp3) is 0.0909. The predicted molar refractivity (Wildman–Crippen MR) is 123 cm³/mol. The zero-order valence-corrected chi connectivity index (χ0v) is 19.7. The Bertz CT molecular complexity index is 1470. The average Bonchev–Trinajstić information content (AvgIpc) is 3.02. The van der Waals surface area contributed by atoms with Crippen LogP contribution in [0.4, 0.5) is 0 Å². The number of sulfonamides is 2. The third-order valence-corrected chi connectivity index (χ3v) is 8.33. The molecule has 0 bridgehead atoms. The second-order valence-electron chi connectivity index (χ2n) is 7.22. The van der Waals surface area contributed by atoms with E-state index in [0.29, 0.717) is 9.33 Å². The monoisotopic (exact) mass is 520 g/mol. The molecule has 12 heteroatoms. The van der Waals surface area contributed by atoms with Gasteiger partial charge in [0.1, 0.15) is 4.90 Å². The van der Waals surface area contributed by atoms with Crippen molar-refractivity contribution in [2.45, 2.75) is 16.2 Å². The molecule has 3 aromatic rings. The molecule has 1 amide bonds. The lowest BCUT2D eigenvalue weighted by Crippen LogP contribution is -2.34. The Labute approximate surface area is 201 Å². The highest BCUT2D eigenvalue weighted by Gasteiger charge is 2.40. The molecule has 9 nitrogen and oxygen atoms in total. The summed E-state index contributed by atoms with van der Waals surface area (Å²) in [4.78, 5) is 30.4. The fourth-order valence-electron chi connectivity index (χ4n) is 3.31. The first-order chi connectivity index (χ1) is 16.1. The zero-order valence-electron chi connectivity index (χ0n) is 17.3. The number of amides is 1. The molecule has 3 aromatic carbocycles. The second kappa shape index (κ2) is 9.18. The molecular formula is C22H17ClN2O7S2. The quantitative estimate of drug-likeness (QED) is 0.474. The summed E-state index contributed by atoms with van der Waals surface area (Å²) in [6.07, 6.45) is -0.545. The van der Waals surface area contributed by atoms with Gasteiger partial charge in [0.05, 0.1) is 16.9 Å². The van der Waals surface area contributed by atoms with Crippen LogP contribution in [0.5, 0.6) is 0 Å². The number of fused-ring (bicyclic) bond motifs is 1. The SMILES string of the molecule is O=C(CCN1C(=O)c2ccccc2S1(=O)=O)ONS(=O)(=O)c1ccc(-c2ccc(Cl)cc2)cc1. The van der Waals surface area contributed by atoms with Crippen molar-refractivity contribution >= 4 is 43.5 Å². The predicted octanol–water partition coefficient (Wildman–Crippen LogP) is 2.98. The van der Waals surface area contributed by atoms with Crippen LogP contribution in [-0.4, -0.2) is 39.6 Å². The van der Waals surface area contributed by atoms with Crippen LogP contribution in [0.1, 0.15) is 16.8 Å². The summed E-state index contributed by atoms with van der Waals surface area (Å²) < 4.78 is 50.4. The van der Waals surface area contributed by atoms with E-state index in [9.17, 15) is 26.4 Å². The maximum atomic E-state index is 12.5. The first-order valence-corrected chi connectivity index (χ1v) is 13.1. The molecule has 0 saturated heterocycles.